The number of hydrogen-bond acceptors (Lipinski definition) is 3. The lowest BCUT2D eigenvalue weighted by Gasteiger charge is -2.20. The second-order valence-corrected chi connectivity index (χ2v) is 7.18. The predicted octanol–water partition coefficient (Wildman–Crippen LogP) is 4.55. The van der Waals surface area contributed by atoms with Crippen LogP contribution < -0.4 is 10.1 Å². The molecule has 1 N–H and O–H groups in total. The van der Waals surface area contributed by atoms with Gasteiger partial charge in [0.2, 0.25) is 0 Å². The molecule has 0 fully saturated rings. The van der Waals surface area contributed by atoms with Gasteiger partial charge in [0.1, 0.15) is 11.6 Å². The molecule has 3 nitrogen and oxygen atoms in total. The molecule has 0 radical (unpaired) electrons. The third kappa shape index (κ3) is 4.24. The summed E-state index contributed by atoms with van der Waals surface area (Å²) in [6.07, 6.45) is 4.07. The molecule has 0 saturated carbocycles. The summed E-state index contributed by atoms with van der Waals surface area (Å²) >= 11 is 3.57. The molecule has 0 saturated heterocycles. The smallest absolute Gasteiger partial charge is 0.128 e. The van der Waals surface area contributed by atoms with E-state index in [4.69, 9.17) is 9.73 Å². The van der Waals surface area contributed by atoms with E-state index in [1.165, 1.54) is 22.3 Å². The molecular weight excluding hydrogens is 376 g/mol. The van der Waals surface area contributed by atoms with Crippen molar-refractivity contribution in [1.82, 2.24) is 5.32 Å². The van der Waals surface area contributed by atoms with Gasteiger partial charge in [0, 0.05) is 23.1 Å². The Hall–Kier alpha value is -1.81. The van der Waals surface area contributed by atoms with E-state index in [0.29, 0.717) is 0 Å². The second-order valence-electron chi connectivity index (χ2n) is 6.26. The van der Waals surface area contributed by atoms with Crippen LogP contribution in [0.2, 0.25) is 0 Å². The number of nitrogens with zero attached hydrogens (tertiary/aromatic N) is 1. The minimum Gasteiger partial charge on any atom is -0.496 e. The highest BCUT2D eigenvalue weighted by atomic mass is 79.9. The van der Waals surface area contributed by atoms with Crippen molar-refractivity contribution < 1.29 is 4.74 Å². The predicted molar refractivity (Wildman–Crippen MR) is 108 cm³/mol. The van der Waals surface area contributed by atoms with Crippen LogP contribution in [0.5, 0.6) is 5.75 Å². The summed E-state index contributed by atoms with van der Waals surface area (Å²) < 4.78 is 6.62. The van der Waals surface area contributed by atoms with Crippen molar-refractivity contribution in [2.75, 3.05) is 20.2 Å². The number of amidine groups is 1. The maximum absolute atomic E-state index is 5.53. The van der Waals surface area contributed by atoms with E-state index in [0.717, 1.165) is 54.8 Å². The van der Waals surface area contributed by atoms with Crippen molar-refractivity contribution in [2.45, 2.75) is 32.6 Å². The van der Waals surface area contributed by atoms with Crippen molar-refractivity contribution in [3.05, 3.63) is 63.1 Å². The maximum atomic E-state index is 5.53. The largest absolute Gasteiger partial charge is 0.496 e. The van der Waals surface area contributed by atoms with Gasteiger partial charge < -0.3 is 10.1 Å². The average Bonchev–Trinajstić information content (AvgIpc) is 2.66. The minimum absolute atomic E-state index is 0.914. The number of benzene rings is 2. The van der Waals surface area contributed by atoms with Crippen LogP contribution in [0, 0.1) is 0 Å². The zero-order valence-corrected chi connectivity index (χ0v) is 16.5. The van der Waals surface area contributed by atoms with Gasteiger partial charge in [-0.1, -0.05) is 41.1 Å². The first-order valence-corrected chi connectivity index (χ1v) is 9.74. The number of halogens is 1. The molecule has 0 bridgehead atoms. The van der Waals surface area contributed by atoms with Crippen molar-refractivity contribution >= 4 is 21.8 Å². The van der Waals surface area contributed by atoms with Crippen LogP contribution in [-0.4, -0.2) is 26.0 Å². The molecule has 1 heterocycles. The number of rotatable bonds is 6. The van der Waals surface area contributed by atoms with Crippen molar-refractivity contribution in [3.63, 3.8) is 0 Å². The Balaban J connectivity index is 1.91. The van der Waals surface area contributed by atoms with Crippen LogP contribution in [0.3, 0.4) is 0 Å². The molecule has 3 rings (SSSR count). The highest BCUT2D eigenvalue weighted by molar-refractivity contribution is 9.10. The van der Waals surface area contributed by atoms with Gasteiger partial charge in [-0.15, -0.1) is 0 Å². The van der Waals surface area contributed by atoms with E-state index in [2.05, 4.69) is 52.4 Å². The molecule has 0 spiro atoms. The number of ether oxygens (including phenoxy) is 1. The molecule has 0 aliphatic carbocycles. The lowest BCUT2D eigenvalue weighted by Crippen LogP contribution is -2.31. The van der Waals surface area contributed by atoms with Gasteiger partial charge in [-0.05, 0) is 60.6 Å². The molecule has 0 aromatic heterocycles. The van der Waals surface area contributed by atoms with Crippen LogP contribution in [-0.2, 0) is 19.3 Å². The molecule has 0 amide bonds. The van der Waals surface area contributed by atoms with Gasteiger partial charge >= 0.3 is 0 Å². The molecule has 4 heteroatoms. The first-order valence-electron chi connectivity index (χ1n) is 8.94. The number of hydrogen-bond donors (Lipinski definition) is 1. The first-order chi connectivity index (χ1) is 12.2. The quantitative estimate of drug-likeness (QED) is 0.771. The van der Waals surface area contributed by atoms with Gasteiger partial charge in [0.25, 0.3) is 0 Å². The summed E-state index contributed by atoms with van der Waals surface area (Å²) in [4.78, 5) is 4.71. The summed E-state index contributed by atoms with van der Waals surface area (Å²) in [7, 11) is 1.73. The van der Waals surface area contributed by atoms with E-state index >= 15 is 0 Å². The summed E-state index contributed by atoms with van der Waals surface area (Å²) in [5.74, 6) is 2.00. The molecule has 2 aromatic carbocycles. The van der Waals surface area contributed by atoms with Gasteiger partial charge in [0.15, 0.2) is 0 Å². The van der Waals surface area contributed by atoms with Crippen LogP contribution >= 0.6 is 15.9 Å². The van der Waals surface area contributed by atoms with E-state index in [1.54, 1.807) is 7.11 Å². The zero-order valence-electron chi connectivity index (χ0n) is 14.9. The van der Waals surface area contributed by atoms with Gasteiger partial charge in [-0.25, -0.2) is 0 Å². The van der Waals surface area contributed by atoms with Gasteiger partial charge in [-0.3, -0.25) is 4.99 Å². The number of nitrogens with one attached hydrogen (secondary N) is 1. The van der Waals surface area contributed by atoms with E-state index in [1.807, 2.05) is 12.1 Å². The Morgan fingerprint density at radius 2 is 2.04 bits per heavy atom. The maximum Gasteiger partial charge on any atom is 0.128 e. The molecule has 132 valence electrons. The number of aryl methyl sites for hydroxylation is 2. The molecule has 2 aromatic rings. The molecule has 1 aliphatic heterocycles. The fraction of sp³-hybridized carbons (Fsp3) is 0.381. The summed E-state index contributed by atoms with van der Waals surface area (Å²) in [6.45, 7) is 4.14. The Morgan fingerprint density at radius 1 is 1.16 bits per heavy atom. The van der Waals surface area contributed by atoms with Gasteiger partial charge in [-0.2, -0.15) is 0 Å². The normalized spacial score (nSPS) is 14.0. The first kappa shape index (κ1) is 18.0. The number of methoxy groups -OCH3 is 1. The third-order valence-electron chi connectivity index (χ3n) is 4.69. The molecule has 0 atom stereocenters. The van der Waals surface area contributed by atoms with Crippen LogP contribution in [0.4, 0.5) is 0 Å². The van der Waals surface area contributed by atoms with Crippen molar-refractivity contribution in [3.8, 4) is 5.75 Å². The van der Waals surface area contributed by atoms with Crippen LogP contribution in [0.25, 0.3) is 0 Å². The molecule has 1 aliphatic rings. The zero-order chi connectivity index (χ0) is 17.6. The Labute approximate surface area is 158 Å². The summed E-state index contributed by atoms with van der Waals surface area (Å²) in [5.41, 5.74) is 5.29. The van der Waals surface area contributed by atoms with Crippen molar-refractivity contribution in [1.29, 1.82) is 0 Å². The van der Waals surface area contributed by atoms with E-state index in [9.17, 15) is 0 Å². The summed E-state index contributed by atoms with van der Waals surface area (Å²) in [6, 6.07) is 12.8. The second kappa shape index (κ2) is 8.52. The van der Waals surface area contributed by atoms with Crippen LogP contribution in [0.1, 0.15) is 35.6 Å². The fourth-order valence-electron chi connectivity index (χ4n) is 3.40. The van der Waals surface area contributed by atoms with Crippen molar-refractivity contribution in [2.24, 2.45) is 4.99 Å². The monoisotopic (exact) mass is 400 g/mol. The summed E-state index contributed by atoms with van der Waals surface area (Å²) in [5, 5.41) is 3.47. The van der Waals surface area contributed by atoms with Crippen LogP contribution in [0.15, 0.2) is 45.9 Å². The van der Waals surface area contributed by atoms with Gasteiger partial charge in [0.05, 0.1) is 7.11 Å². The lowest BCUT2D eigenvalue weighted by molar-refractivity contribution is 0.409. The molecule has 0 unspecified atom stereocenters. The average molecular weight is 401 g/mol. The fourth-order valence-corrected chi connectivity index (χ4v) is 3.81. The minimum atomic E-state index is 0.914. The highest BCUT2D eigenvalue weighted by Crippen LogP contribution is 2.26. The standard InChI is InChI=1S/C21H25BrN2O/c1-3-15-6-4-7-19(21-23-12-5-13-24-21)18(15)10-8-16-14-17(22)9-11-20(16)25-2/h4,6-7,9,11,14H,3,5,8,10,12-13H2,1-2H3,(H,23,24). The highest BCUT2D eigenvalue weighted by Gasteiger charge is 2.15. The molecule has 25 heavy (non-hydrogen) atoms. The topological polar surface area (TPSA) is 33.6 Å². The lowest BCUT2D eigenvalue weighted by atomic mass is 9.92. The van der Waals surface area contributed by atoms with E-state index < -0.39 is 0 Å². The molecular formula is C21H25BrN2O. The Morgan fingerprint density at radius 3 is 2.76 bits per heavy atom. The van der Waals surface area contributed by atoms with E-state index in [-0.39, 0.29) is 0 Å². The SMILES string of the molecule is CCc1cccc(C2=NCCCN2)c1CCc1cc(Br)ccc1OC. The Kier molecular flexibility index (Phi) is 6.14. The Bertz CT molecular complexity index is 770. The number of aliphatic imine (C=N–C) groups is 1. The third-order valence-corrected chi connectivity index (χ3v) is 5.19.